The molecule has 1 aliphatic rings. The van der Waals surface area contributed by atoms with Crippen LogP contribution in [0, 0.1) is 11.8 Å². The maximum atomic E-state index is 12.2. The first-order chi connectivity index (χ1) is 12.6. The normalized spacial score (nSPS) is 15.1. The van der Waals surface area contributed by atoms with E-state index in [1.807, 2.05) is 10.9 Å². The monoisotopic (exact) mass is 376 g/mol. The Bertz CT molecular complexity index is 753. The molecule has 0 aromatic carbocycles. The Morgan fingerprint density at radius 1 is 1.35 bits per heavy atom. The first-order valence-electron chi connectivity index (χ1n) is 9.37. The minimum Gasteiger partial charge on any atom is -0.369 e. The molecule has 7 nitrogen and oxygen atoms in total. The number of carbonyl (C=O) groups excluding carboxylic acids is 1. The van der Waals surface area contributed by atoms with Crippen LogP contribution in [0.25, 0.3) is 11.0 Å². The number of anilines is 1. The number of nitrogens with one attached hydrogen (secondary N) is 2. The van der Waals surface area contributed by atoms with Crippen LogP contribution in [-0.4, -0.2) is 45.0 Å². The number of rotatable bonds is 8. The molecule has 2 N–H and O–H groups in total. The zero-order chi connectivity index (χ0) is 18.5. The van der Waals surface area contributed by atoms with Gasteiger partial charge in [0, 0.05) is 19.0 Å². The Balaban J connectivity index is 1.70. The molecule has 3 rings (SSSR count). The number of aromatic nitrogens is 4. The molecule has 0 bridgehead atoms. The van der Waals surface area contributed by atoms with E-state index in [9.17, 15) is 4.79 Å². The molecule has 26 heavy (non-hydrogen) atoms. The van der Waals surface area contributed by atoms with Gasteiger partial charge < -0.3 is 10.6 Å². The number of hydrogen-bond acceptors (Lipinski definition) is 6. The van der Waals surface area contributed by atoms with E-state index >= 15 is 0 Å². The van der Waals surface area contributed by atoms with Crippen LogP contribution < -0.4 is 10.6 Å². The second-order valence-corrected chi connectivity index (χ2v) is 7.98. The Morgan fingerprint density at radius 3 is 2.81 bits per heavy atom. The predicted octanol–water partition coefficient (Wildman–Crippen LogP) is 2.92. The smallest absolute Gasteiger partial charge is 0.223 e. The molecule has 1 saturated carbocycles. The van der Waals surface area contributed by atoms with Crippen LogP contribution in [0.5, 0.6) is 0 Å². The third-order valence-corrected chi connectivity index (χ3v) is 5.23. The summed E-state index contributed by atoms with van der Waals surface area (Å²) >= 11 is 1.52. The number of hydrogen-bond donors (Lipinski definition) is 2. The minimum absolute atomic E-state index is 0.178. The third-order valence-electron chi connectivity index (χ3n) is 4.68. The van der Waals surface area contributed by atoms with Crippen LogP contribution in [0.15, 0.2) is 11.4 Å². The molecular weight excluding hydrogens is 348 g/mol. The first-order valence-corrected chi connectivity index (χ1v) is 10.6. The van der Waals surface area contributed by atoms with E-state index in [0.717, 1.165) is 41.4 Å². The van der Waals surface area contributed by atoms with Gasteiger partial charge in [-0.25, -0.2) is 14.6 Å². The average molecular weight is 377 g/mol. The molecule has 2 heterocycles. The van der Waals surface area contributed by atoms with E-state index in [-0.39, 0.29) is 11.8 Å². The summed E-state index contributed by atoms with van der Waals surface area (Å²) < 4.78 is 1.85. The van der Waals surface area contributed by atoms with Crippen molar-refractivity contribution < 1.29 is 4.79 Å². The highest BCUT2D eigenvalue weighted by molar-refractivity contribution is 7.98. The van der Waals surface area contributed by atoms with Crippen molar-refractivity contribution in [3.8, 4) is 0 Å². The fraction of sp³-hybridized carbons (Fsp3) is 0.667. The summed E-state index contributed by atoms with van der Waals surface area (Å²) in [5.74, 6) is 1.73. The van der Waals surface area contributed by atoms with Crippen molar-refractivity contribution in [3.05, 3.63) is 6.20 Å². The molecule has 0 atom stereocenters. The van der Waals surface area contributed by atoms with Crippen LogP contribution in [-0.2, 0) is 11.3 Å². The fourth-order valence-corrected chi connectivity index (χ4v) is 3.60. The Morgan fingerprint density at radius 2 is 2.12 bits per heavy atom. The lowest BCUT2D eigenvalue weighted by molar-refractivity contribution is -0.124. The van der Waals surface area contributed by atoms with Gasteiger partial charge in [0.15, 0.2) is 10.8 Å². The van der Waals surface area contributed by atoms with Crippen molar-refractivity contribution >= 4 is 34.5 Å². The fourth-order valence-electron chi connectivity index (χ4n) is 3.24. The summed E-state index contributed by atoms with van der Waals surface area (Å²) in [5.41, 5.74) is 0.811. The van der Waals surface area contributed by atoms with Gasteiger partial charge in [-0.05, 0) is 25.0 Å². The molecule has 142 valence electrons. The lowest BCUT2D eigenvalue weighted by atomic mass is 10.1. The number of carbonyl (C=O) groups is 1. The molecule has 0 unspecified atom stereocenters. The summed E-state index contributed by atoms with van der Waals surface area (Å²) in [7, 11) is 0. The SMILES string of the molecule is CSc1nc(NCC(C)C)c2cnn(CCNC(=O)C3CCCC3)c2n1. The Hall–Kier alpha value is -1.83. The molecule has 0 aliphatic heterocycles. The maximum absolute atomic E-state index is 12.2. The lowest BCUT2D eigenvalue weighted by Gasteiger charge is -2.12. The summed E-state index contributed by atoms with van der Waals surface area (Å²) in [4.78, 5) is 21.4. The van der Waals surface area contributed by atoms with Crippen molar-refractivity contribution in [2.75, 3.05) is 24.7 Å². The Labute approximate surface area is 158 Å². The zero-order valence-corrected chi connectivity index (χ0v) is 16.6. The summed E-state index contributed by atoms with van der Waals surface area (Å²) in [5, 5.41) is 12.6. The molecule has 0 spiro atoms. The topological polar surface area (TPSA) is 84.7 Å². The van der Waals surface area contributed by atoms with E-state index < -0.39 is 0 Å². The van der Waals surface area contributed by atoms with E-state index in [2.05, 4.69) is 39.5 Å². The van der Waals surface area contributed by atoms with Gasteiger partial charge in [0.25, 0.3) is 0 Å². The summed E-state index contributed by atoms with van der Waals surface area (Å²) in [6.07, 6.45) is 8.15. The molecule has 0 saturated heterocycles. The molecule has 2 aromatic heterocycles. The van der Waals surface area contributed by atoms with Crippen molar-refractivity contribution in [2.24, 2.45) is 11.8 Å². The molecule has 1 aliphatic carbocycles. The van der Waals surface area contributed by atoms with Crippen LogP contribution in [0.3, 0.4) is 0 Å². The van der Waals surface area contributed by atoms with Gasteiger partial charge in [-0.3, -0.25) is 4.79 Å². The van der Waals surface area contributed by atoms with Crippen molar-refractivity contribution in [1.82, 2.24) is 25.1 Å². The van der Waals surface area contributed by atoms with E-state index in [1.54, 1.807) is 6.20 Å². The lowest BCUT2D eigenvalue weighted by Crippen LogP contribution is -2.32. The van der Waals surface area contributed by atoms with Gasteiger partial charge >= 0.3 is 0 Å². The maximum Gasteiger partial charge on any atom is 0.223 e. The van der Waals surface area contributed by atoms with Gasteiger partial charge in [0.1, 0.15) is 5.82 Å². The quantitative estimate of drug-likeness (QED) is 0.544. The largest absolute Gasteiger partial charge is 0.369 e. The van der Waals surface area contributed by atoms with Crippen molar-refractivity contribution in [2.45, 2.75) is 51.2 Å². The predicted molar refractivity (Wildman–Crippen MR) is 105 cm³/mol. The molecule has 8 heteroatoms. The molecule has 0 radical (unpaired) electrons. The first kappa shape index (κ1) is 18.9. The standard InChI is InChI=1S/C18H28N6OS/c1-12(2)10-20-15-14-11-21-24(16(14)23-18(22-15)26-3)9-8-19-17(25)13-6-4-5-7-13/h11-13H,4-10H2,1-3H3,(H,19,25)(H,20,22,23). The van der Waals surface area contributed by atoms with E-state index in [4.69, 9.17) is 0 Å². The van der Waals surface area contributed by atoms with Gasteiger partial charge in [-0.2, -0.15) is 5.10 Å². The third kappa shape index (κ3) is 4.47. The summed E-state index contributed by atoms with van der Waals surface area (Å²) in [6.45, 7) is 6.35. The highest BCUT2D eigenvalue weighted by Gasteiger charge is 2.22. The highest BCUT2D eigenvalue weighted by Crippen LogP contribution is 2.25. The van der Waals surface area contributed by atoms with Gasteiger partial charge in [-0.15, -0.1) is 0 Å². The highest BCUT2D eigenvalue weighted by atomic mass is 32.2. The molecule has 1 amide bonds. The van der Waals surface area contributed by atoms with Crippen LogP contribution in [0.1, 0.15) is 39.5 Å². The molecule has 1 fully saturated rings. The Kier molecular flexibility index (Phi) is 6.34. The van der Waals surface area contributed by atoms with E-state index in [0.29, 0.717) is 19.0 Å². The van der Waals surface area contributed by atoms with Gasteiger partial charge in [-0.1, -0.05) is 38.5 Å². The second kappa shape index (κ2) is 8.70. The molecular formula is C18H28N6OS. The van der Waals surface area contributed by atoms with Crippen molar-refractivity contribution in [1.29, 1.82) is 0 Å². The number of thioether (sulfide) groups is 1. The minimum atomic E-state index is 0.178. The zero-order valence-electron chi connectivity index (χ0n) is 15.8. The second-order valence-electron chi connectivity index (χ2n) is 7.21. The van der Waals surface area contributed by atoms with Crippen LogP contribution in [0.4, 0.5) is 5.82 Å². The summed E-state index contributed by atoms with van der Waals surface area (Å²) in [6, 6.07) is 0. The van der Waals surface area contributed by atoms with E-state index in [1.165, 1.54) is 24.6 Å². The number of fused-ring (bicyclic) bond motifs is 1. The van der Waals surface area contributed by atoms with Crippen molar-refractivity contribution in [3.63, 3.8) is 0 Å². The van der Waals surface area contributed by atoms with Gasteiger partial charge in [0.05, 0.1) is 18.1 Å². The van der Waals surface area contributed by atoms with Crippen LogP contribution >= 0.6 is 11.8 Å². The number of amides is 1. The number of nitrogens with zero attached hydrogens (tertiary/aromatic N) is 4. The van der Waals surface area contributed by atoms with Gasteiger partial charge in [0.2, 0.25) is 5.91 Å². The average Bonchev–Trinajstić information content (AvgIpc) is 3.29. The van der Waals surface area contributed by atoms with Crippen LogP contribution in [0.2, 0.25) is 0 Å². The molecule has 2 aromatic rings.